The van der Waals surface area contributed by atoms with Gasteiger partial charge in [0, 0.05) is 37.1 Å². The fourth-order valence-electron chi connectivity index (χ4n) is 4.51. The standard InChI is InChI=1S/C24H30N2O4/c1-4-29-23(28)24(9-11-26(12-10-24)22(27)20-13-17(20)3)15-18-14-21(25-30-18)19-8-6-5-7-16(19)2/h5-8,14,17,20H,4,9-13,15H2,1-3H3/t17-,20+/m1/s1. The summed E-state index contributed by atoms with van der Waals surface area (Å²) >= 11 is 0. The van der Waals surface area contributed by atoms with E-state index in [0.717, 1.165) is 23.2 Å². The van der Waals surface area contributed by atoms with Gasteiger partial charge in [-0.05, 0) is 44.6 Å². The Morgan fingerprint density at radius 3 is 2.60 bits per heavy atom. The Balaban J connectivity index is 1.50. The van der Waals surface area contributed by atoms with Crippen molar-refractivity contribution in [1.82, 2.24) is 10.1 Å². The van der Waals surface area contributed by atoms with E-state index in [4.69, 9.17) is 9.26 Å². The van der Waals surface area contributed by atoms with Crippen molar-refractivity contribution < 1.29 is 18.8 Å². The minimum Gasteiger partial charge on any atom is -0.466 e. The van der Waals surface area contributed by atoms with Crippen molar-refractivity contribution in [2.75, 3.05) is 19.7 Å². The topological polar surface area (TPSA) is 72.6 Å². The van der Waals surface area contributed by atoms with E-state index in [2.05, 4.69) is 12.1 Å². The zero-order valence-corrected chi connectivity index (χ0v) is 18.0. The highest BCUT2D eigenvalue weighted by Gasteiger charge is 2.47. The Labute approximate surface area is 177 Å². The summed E-state index contributed by atoms with van der Waals surface area (Å²) in [4.78, 5) is 27.5. The highest BCUT2D eigenvalue weighted by molar-refractivity contribution is 5.82. The smallest absolute Gasteiger partial charge is 0.312 e. The fourth-order valence-corrected chi connectivity index (χ4v) is 4.51. The Morgan fingerprint density at radius 2 is 1.97 bits per heavy atom. The van der Waals surface area contributed by atoms with Gasteiger partial charge in [-0.1, -0.05) is 36.3 Å². The van der Waals surface area contributed by atoms with Gasteiger partial charge < -0.3 is 14.2 Å². The molecule has 1 saturated carbocycles. The average Bonchev–Trinajstić information content (AvgIpc) is 3.30. The van der Waals surface area contributed by atoms with E-state index in [1.165, 1.54) is 0 Å². The van der Waals surface area contributed by atoms with Gasteiger partial charge in [0.25, 0.3) is 0 Å². The van der Waals surface area contributed by atoms with Gasteiger partial charge in [0.05, 0.1) is 12.0 Å². The maximum absolute atomic E-state index is 12.9. The predicted octanol–water partition coefficient (Wildman–Crippen LogP) is 4.02. The van der Waals surface area contributed by atoms with E-state index in [9.17, 15) is 9.59 Å². The third kappa shape index (κ3) is 4.00. The zero-order chi connectivity index (χ0) is 21.3. The van der Waals surface area contributed by atoms with Crippen molar-refractivity contribution in [3.05, 3.63) is 41.7 Å². The van der Waals surface area contributed by atoms with Crippen LogP contribution in [0.15, 0.2) is 34.9 Å². The summed E-state index contributed by atoms with van der Waals surface area (Å²) in [5, 5.41) is 4.24. The van der Waals surface area contributed by atoms with E-state index >= 15 is 0 Å². The second-order valence-electron chi connectivity index (χ2n) is 8.82. The number of aromatic nitrogens is 1. The first-order valence-electron chi connectivity index (χ1n) is 10.9. The van der Waals surface area contributed by atoms with Crippen LogP contribution >= 0.6 is 0 Å². The summed E-state index contributed by atoms with van der Waals surface area (Å²) in [6, 6.07) is 9.95. The number of likely N-dealkylation sites (tertiary alicyclic amines) is 1. The molecular formula is C24H30N2O4. The third-order valence-corrected chi connectivity index (χ3v) is 6.66. The van der Waals surface area contributed by atoms with Crippen molar-refractivity contribution in [2.45, 2.75) is 46.5 Å². The number of rotatable bonds is 6. The lowest BCUT2D eigenvalue weighted by Crippen LogP contribution is -2.48. The summed E-state index contributed by atoms with van der Waals surface area (Å²) < 4.78 is 11.1. The average molecular weight is 411 g/mol. The number of esters is 1. The molecule has 6 heteroatoms. The minimum atomic E-state index is -0.676. The number of nitrogens with zero attached hydrogens (tertiary/aromatic N) is 2. The van der Waals surface area contributed by atoms with Crippen LogP contribution in [-0.4, -0.2) is 41.6 Å². The van der Waals surface area contributed by atoms with Gasteiger partial charge in [-0.2, -0.15) is 0 Å². The van der Waals surface area contributed by atoms with E-state index in [1.54, 1.807) is 0 Å². The molecule has 1 saturated heterocycles. The van der Waals surface area contributed by atoms with Gasteiger partial charge in [-0.15, -0.1) is 0 Å². The molecule has 0 spiro atoms. The summed E-state index contributed by atoms with van der Waals surface area (Å²) in [7, 11) is 0. The number of hydrogen-bond acceptors (Lipinski definition) is 5. The minimum absolute atomic E-state index is 0.172. The van der Waals surface area contributed by atoms with Crippen LogP contribution in [0.25, 0.3) is 11.3 Å². The maximum Gasteiger partial charge on any atom is 0.312 e. The molecule has 2 heterocycles. The first kappa shape index (κ1) is 20.6. The number of benzene rings is 1. The Hall–Kier alpha value is -2.63. The monoisotopic (exact) mass is 410 g/mol. The van der Waals surface area contributed by atoms with Crippen LogP contribution in [0, 0.1) is 24.2 Å². The largest absolute Gasteiger partial charge is 0.466 e. The molecular weight excluding hydrogens is 380 g/mol. The molecule has 1 aliphatic carbocycles. The van der Waals surface area contributed by atoms with Crippen LogP contribution < -0.4 is 0 Å². The molecule has 1 amide bonds. The molecule has 4 rings (SSSR count). The number of aryl methyl sites for hydroxylation is 1. The lowest BCUT2D eigenvalue weighted by atomic mass is 9.74. The number of carbonyl (C=O) groups is 2. The predicted molar refractivity (Wildman–Crippen MR) is 113 cm³/mol. The number of hydrogen-bond donors (Lipinski definition) is 0. The third-order valence-electron chi connectivity index (χ3n) is 6.66. The molecule has 0 unspecified atom stereocenters. The van der Waals surface area contributed by atoms with E-state index in [-0.39, 0.29) is 17.8 Å². The normalized spacial score (nSPS) is 22.6. The summed E-state index contributed by atoms with van der Waals surface area (Å²) in [6.07, 6.45) is 2.59. The van der Waals surface area contributed by atoms with Gasteiger partial charge >= 0.3 is 5.97 Å². The van der Waals surface area contributed by atoms with E-state index in [1.807, 2.05) is 49.1 Å². The second-order valence-corrected chi connectivity index (χ2v) is 8.82. The first-order chi connectivity index (χ1) is 14.4. The van der Waals surface area contributed by atoms with Crippen molar-refractivity contribution in [2.24, 2.45) is 17.3 Å². The Morgan fingerprint density at radius 1 is 1.27 bits per heavy atom. The summed E-state index contributed by atoms with van der Waals surface area (Å²) in [6.45, 7) is 7.49. The van der Waals surface area contributed by atoms with Crippen LogP contribution in [0.2, 0.25) is 0 Å². The van der Waals surface area contributed by atoms with Crippen molar-refractivity contribution >= 4 is 11.9 Å². The number of piperidine rings is 1. The second kappa shape index (κ2) is 8.25. The molecule has 2 aliphatic rings. The van der Waals surface area contributed by atoms with Crippen molar-refractivity contribution in [3.8, 4) is 11.3 Å². The van der Waals surface area contributed by atoms with Gasteiger partial charge in [-0.25, -0.2) is 0 Å². The lowest BCUT2D eigenvalue weighted by Gasteiger charge is -2.39. The highest BCUT2D eigenvalue weighted by atomic mass is 16.5. The van der Waals surface area contributed by atoms with Crippen molar-refractivity contribution in [1.29, 1.82) is 0 Å². The Bertz CT molecular complexity index is 927. The molecule has 2 aromatic rings. The SMILES string of the molecule is CCOC(=O)C1(Cc2cc(-c3ccccc3C)no2)CCN(C(=O)[C@H]2C[C@H]2C)CC1. The van der Waals surface area contributed by atoms with Crippen LogP contribution in [0.5, 0.6) is 0 Å². The maximum atomic E-state index is 12.9. The van der Waals surface area contributed by atoms with Gasteiger partial charge in [0.1, 0.15) is 11.5 Å². The van der Waals surface area contributed by atoms with Crippen LogP contribution in [0.3, 0.4) is 0 Å². The molecule has 1 aromatic carbocycles. The van der Waals surface area contributed by atoms with Gasteiger partial charge in [0.2, 0.25) is 5.91 Å². The molecule has 1 aromatic heterocycles. The number of carbonyl (C=O) groups excluding carboxylic acids is 2. The van der Waals surface area contributed by atoms with Crippen LogP contribution in [-0.2, 0) is 20.7 Å². The zero-order valence-electron chi connectivity index (χ0n) is 18.0. The summed E-state index contributed by atoms with van der Waals surface area (Å²) in [5.41, 5.74) is 2.25. The molecule has 6 nitrogen and oxygen atoms in total. The van der Waals surface area contributed by atoms with Crippen LogP contribution in [0.4, 0.5) is 0 Å². The molecule has 160 valence electrons. The number of ether oxygens (including phenoxy) is 1. The van der Waals surface area contributed by atoms with Gasteiger partial charge in [0.15, 0.2) is 0 Å². The molecule has 0 bridgehead atoms. The molecule has 2 fully saturated rings. The quantitative estimate of drug-likeness (QED) is 0.673. The van der Waals surface area contributed by atoms with Crippen molar-refractivity contribution in [3.63, 3.8) is 0 Å². The Kier molecular flexibility index (Phi) is 5.67. The van der Waals surface area contributed by atoms with Crippen LogP contribution in [0.1, 0.15) is 44.4 Å². The molecule has 30 heavy (non-hydrogen) atoms. The fraction of sp³-hybridized carbons (Fsp3) is 0.542. The molecule has 2 atom stereocenters. The van der Waals surface area contributed by atoms with E-state index < -0.39 is 5.41 Å². The van der Waals surface area contributed by atoms with Gasteiger partial charge in [-0.3, -0.25) is 9.59 Å². The molecule has 0 N–H and O–H groups in total. The first-order valence-corrected chi connectivity index (χ1v) is 10.9. The highest BCUT2D eigenvalue weighted by Crippen LogP contribution is 2.42. The molecule has 1 aliphatic heterocycles. The summed E-state index contributed by atoms with van der Waals surface area (Å²) in [5.74, 6) is 1.37. The van der Waals surface area contributed by atoms with E-state index in [0.29, 0.717) is 50.6 Å². The molecule has 0 radical (unpaired) electrons. The lowest BCUT2D eigenvalue weighted by molar-refractivity contribution is -0.160. The number of amides is 1.